The van der Waals surface area contributed by atoms with Crippen molar-refractivity contribution < 1.29 is 4.53 Å². The summed E-state index contributed by atoms with van der Waals surface area (Å²) in [6, 6.07) is 5.35. The Bertz CT molecular complexity index is 404. The fourth-order valence-corrected chi connectivity index (χ4v) is 1.20. The maximum atomic E-state index is 8.67. The summed E-state index contributed by atoms with van der Waals surface area (Å²) in [5.74, 6) is 0. The maximum absolute atomic E-state index is 8.67. The Labute approximate surface area is 90.3 Å². The van der Waals surface area contributed by atoms with Gasteiger partial charge in [-0.25, -0.2) is 0 Å². The molecule has 0 N–H and O–H groups in total. The van der Waals surface area contributed by atoms with Crippen LogP contribution in [0.1, 0.15) is 11.3 Å². The van der Waals surface area contributed by atoms with E-state index in [1.54, 1.807) is 18.3 Å². The van der Waals surface area contributed by atoms with Crippen LogP contribution < -0.4 is 0 Å². The predicted molar refractivity (Wildman–Crippen MR) is 61.0 cm³/mol. The molecule has 0 aromatic carbocycles. The zero-order valence-electron chi connectivity index (χ0n) is 9.06. The number of oxime groups is 1. The third kappa shape index (κ3) is 4.38. The van der Waals surface area contributed by atoms with Crippen LogP contribution in [0.3, 0.4) is 0 Å². The molecule has 0 aliphatic rings. The van der Waals surface area contributed by atoms with E-state index in [0.29, 0.717) is 11.3 Å². The first-order valence-corrected chi connectivity index (χ1v) is 8.00. The quantitative estimate of drug-likeness (QED) is 0.444. The summed E-state index contributed by atoms with van der Waals surface area (Å²) in [6.07, 6.45) is 3.10. The van der Waals surface area contributed by atoms with Crippen LogP contribution in [0.4, 0.5) is 0 Å². The lowest BCUT2D eigenvalue weighted by Crippen LogP contribution is -2.22. The Morgan fingerprint density at radius 2 is 2.27 bits per heavy atom. The monoisotopic (exact) mass is 219 g/mol. The van der Waals surface area contributed by atoms with E-state index in [0.717, 1.165) is 0 Å². The molecule has 0 atom stereocenters. The molecule has 0 aliphatic carbocycles. The number of hydrogen-bond donors (Lipinski definition) is 0. The molecule has 1 aromatic heterocycles. The van der Waals surface area contributed by atoms with Crippen molar-refractivity contribution >= 4 is 14.5 Å². The molecule has 4 nitrogen and oxygen atoms in total. The smallest absolute Gasteiger partial charge is 0.278 e. The summed E-state index contributed by atoms with van der Waals surface area (Å²) in [5, 5.41) is 12.5. The minimum absolute atomic E-state index is 0.569. The molecular weight excluding hydrogens is 206 g/mol. The molecule has 0 bridgehead atoms. The van der Waals surface area contributed by atoms with Crippen molar-refractivity contribution in [1.82, 2.24) is 4.98 Å². The SMILES string of the molecule is C[Si](C)(C)ON=Cc1cc(C#N)ccn1. The van der Waals surface area contributed by atoms with Gasteiger partial charge in [0.15, 0.2) is 0 Å². The fourth-order valence-electron chi connectivity index (χ4n) is 0.827. The minimum atomic E-state index is -1.62. The highest BCUT2D eigenvalue weighted by Gasteiger charge is 2.15. The van der Waals surface area contributed by atoms with Crippen LogP contribution in [0, 0.1) is 11.3 Å². The molecule has 0 spiro atoms. The van der Waals surface area contributed by atoms with E-state index < -0.39 is 8.32 Å². The molecular formula is C10H13N3OSi. The van der Waals surface area contributed by atoms with Crippen molar-refractivity contribution in [2.75, 3.05) is 0 Å². The lowest BCUT2D eigenvalue weighted by molar-refractivity contribution is 0.338. The Kier molecular flexibility index (Phi) is 3.58. The molecule has 78 valence electrons. The van der Waals surface area contributed by atoms with E-state index in [9.17, 15) is 0 Å². The molecule has 0 amide bonds. The van der Waals surface area contributed by atoms with E-state index in [2.05, 4.69) is 10.1 Å². The Morgan fingerprint density at radius 3 is 2.87 bits per heavy atom. The second-order valence-corrected chi connectivity index (χ2v) is 8.43. The van der Waals surface area contributed by atoms with E-state index in [1.165, 1.54) is 6.21 Å². The molecule has 1 heterocycles. The lowest BCUT2D eigenvalue weighted by atomic mass is 10.2. The number of hydrogen-bond acceptors (Lipinski definition) is 4. The van der Waals surface area contributed by atoms with Gasteiger partial charge in [0.1, 0.15) is 0 Å². The first-order chi connectivity index (χ1) is 7.01. The van der Waals surface area contributed by atoms with E-state index >= 15 is 0 Å². The first kappa shape index (κ1) is 11.4. The largest absolute Gasteiger partial charge is 0.456 e. The van der Waals surface area contributed by atoms with Crippen LogP contribution in [0.2, 0.25) is 19.6 Å². The number of nitriles is 1. The van der Waals surface area contributed by atoms with Crippen molar-refractivity contribution in [2.24, 2.45) is 5.16 Å². The predicted octanol–water partition coefficient (Wildman–Crippen LogP) is 2.14. The van der Waals surface area contributed by atoms with Gasteiger partial charge in [-0.05, 0) is 31.8 Å². The van der Waals surface area contributed by atoms with Gasteiger partial charge < -0.3 is 4.53 Å². The summed E-state index contributed by atoms with van der Waals surface area (Å²) in [6.45, 7) is 6.14. The van der Waals surface area contributed by atoms with Gasteiger partial charge in [0.25, 0.3) is 8.32 Å². The third-order valence-corrected chi connectivity index (χ3v) is 2.07. The minimum Gasteiger partial charge on any atom is -0.456 e. The Hall–Kier alpha value is -1.67. The molecule has 0 unspecified atom stereocenters. The van der Waals surface area contributed by atoms with Gasteiger partial charge in [0.2, 0.25) is 0 Å². The number of aromatic nitrogens is 1. The Morgan fingerprint density at radius 1 is 1.53 bits per heavy atom. The second-order valence-electron chi connectivity index (χ2n) is 4.02. The van der Waals surface area contributed by atoms with Gasteiger partial charge in [0, 0.05) is 6.20 Å². The van der Waals surface area contributed by atoms with Crippen molar-refractivity contribution in [3.63, 3.8) is 0 Å². The molecule has 0 saturated heterocycles. The number of rotatable bonds is 3. The Balaban J connectivity index is 2.69. The fraction of sp³-hybridized carbons (Fsp3) is 0.300. The standard InChI is InChI=1S/C10H13N3OSi/c1-15(2,3)14-13-8-10-6-9(7-11)4-5-12-10/h4-6,8H,1-3H3. The van der Waals surface area contributed by atoms with Gasteiger partial charge in [-0.1, -0.05) is 0 Å². The number of nitrogens with zero attached hydrogens (tertiary/aromatic N) is 3. The van der Waals surface area contributed by atoms with Gasteiger partial charge in [-0.2, -0.15) is 5.26 Å². The van der Waals surface area contributed by atoms with Crippen LogP contribution in [0.15, 0.2) is 23.5 Å². The first-order valence-electron chi connectivity index (χ1n) is 4.59. The van der Waals surface area contributed by atoms with Crippen molar-refractivity contribution in [2.45, 2.75) is 19.6 Å². The van der Waals surface area contributed by atoms with E-state index in [1.807, 2.05) is 25.7 Å². The maximum Gasteiger partial charge on any atom is 0.278 e. The highest BCUT2D eigenvalue weighted by molar-refractivity contribution is 6.69. The summed E-state index contributed by atoms with van der Waals surface area (Å²) < 4.78 is 5.29. The van der Waals surface area contributed by atoms with E-state index in [4.69, 9.17) is 9.79 Å². The van der Waals surface area contributed by atoms with Gasteiger partial charge in [-0.15, -0.1) is 5.16 Å². The average molecular weight is 219 g/mol. The van der Waals surface area contributed by atoms with Crippen molar-refractivity contribution in [3.05, 3.63) is 29.6 Å². The van der Waals surface area contributed by atoms with Crippen LogP contribution in [-0.4, -0.2) is 19.5 Å². The molecule has 0 saturated carbocycles. The summed E-state index contributed by atoms with van der Waals surface area (Å²) >= 11 is 0. The highest BCUT2D eigenvalue weighted by atomic mass is 28.4. The molecule has 1 rings (SSSR count). The normalized spacial score (nSPS) is 11.3. The molecule has 0 aliphatic heterocycles. The molecule has 0 fully saturated rings. The topological polar surface area (TPSA) is 58.3 Å². The van der Waals surface area contributed by atoms with E-state index in [-0.39, 0.29) is 0 Å². The van der Waals surface area contributed by atoms with Crippen LogP contribution in [0.25, 0.3) is 0 Å². The van der Waals surface area contributed by atoms with Crippen LogP contribution in [0.5, 0.6) is 0 Å². The van der Waals surface area contributed by atoms with Gasteiger partial charge in [0.05, 0.1) is 23.5 Å². The molecule has 5 heteroatoms. The van der Waals surface area contributed by atoms with Crippen LogP contribution in [-0.2, 0) is 4.53 Å². The van der Waals surface area contributed by atoms with Crippen molar-refractivity contribution in [1.29, 1.82) is 5.26 Å². The molecule has 15 heavy (non-hydrogen) atoms. The molecule has 1 aromatic rings. The second kappa shape index (κ2) is 4.71. The summed E-state index contributed by atoms with van der Waals surface area (Å²) in [5.41, 5.74) is 1.20. The summed E-state index contributed by atoms with van der Waals surface area (Å²) in [7, 11) is -1.62. The zero-order chi connectivity index (χ0) is 11.3. The lowest BCUT2D eigenvalue weighted by Gasteiger charge is -2.11. The molecule has 0 radical (unpaired) electrons. The average Bonchev–Trinajstić information content (AvgIpc) is 2.16. The van der Waals surface area contributed by atoms with Gasteiger partial charge in [-0.3, -0.25) is 4.98 Å². The van der Waals surface area contributed by atoms with Gasteiger partial charge >= 0.3 is 0 Å². The number of pyridine rings is 1. The van der Waals surface area contributed by atoms with Crippen molar-refractivity contribution in [3.8, 4) is 6.07 Å². The van der Waals surface area contributed by atoms with Crippen LogP contribution >= 0.6 is 0 Å². The summed E-state index contributed by atoms with van der Waals surface area (Å²) in [4.78, 5) is 4.04. The zero-order valence-corrected chi connectivity index (χ0v) is 10.1. The third-order valence-electron chi connectivity index (χ3n) is 1.42. The highest BCUT2D eigenvalue weighted by Crippen LogP contribution is 2.03.